The third-order valence-electron chi connectivity index (χ3n) is 3.15. The predicted octanol–water partition coefficient (Wildman–Crippen LogP) is 0.191. The summed E-state index contributed by atoms with van der Waals surface area (Å²) in [5.41, 5.74) is 0. The zero-order valence-corrected chi connectivity index (χ0v) is 8.63. The zero-order valence-electron chi connectivity index (χ0n) is 8.63. The van der Waals surface area contributed by atoms with Crippen molar-refractivity contribution in [1.82, 2.24) is 15.1 Å². The maximum Gasteiger partial charge on any atom is 0.0504 e. The first-order valence-electron chi connectivity index (χ1n) is 5.46. The number of piperidine rings is 1. The summed E-state index contributed by atoms with van der Waals surface area (Å²) in [6.07, 6.45) is 2.79. The lowest BCUT2D eigenvalue weighted by Gasteiger charge is -2.27. The molecular formula is C10H21N3. The Kier molecular flexibility index (Phi) is 3.19. The molecule has 2 fully saturated rings. The van der Waals surface area contributed by atoms with Gasteiger partial charge in [-0.25, -0.2) is 0 Å². The molecule has 0 aromatic carbocycles. The summed E-state index contributed by atoms with van der Waals surface area (Å²) in [5, 5.41) is 3.48. The van der Waals surface area contributed by atoms with Crippen LogP contribution in [0.25, 0.3) is 0 Å². The second-order valence-corrected chi connectivity index (χ2v) is 4.51. The van der Waals surface area contributed by atoms with E-state index in [1.165, 1.54) is 52.2 Å². The van der Waals surface area contributed by atoms with Crippen molar-refractivity contribution in [2.75, 3.05) is 46.4 Å². The summed E-state index contributed by atoms with van der Waals surface area (Å²) in [6, 6.07) is 0. The quantitative estimate of drug-likeness (QED) is 0.659. The molecule has 0 saturated carbocycles. The summed E-state index contributed by atoms with van der Waals surface area (Å²) in [5.74, 6) is 0.903. The average molecular weight is 183 g/mol. The van der Waals surface area contributed by atoms with E-state index in [-0.39, 0.29) is 0 Å². The van der Waals surface area contributed by atoms with Crippen molar-refractivity contribution in [3.05, 3.63) is 0 Å². The zero-order chi connectivity index (χ0) is 9.10. The first-order valence-corrected chi connectivity index (χ1v) is 5.46. The second-order valence-electron chi connectivity index (χ2n) is 4.51. The SMILES string of the molecule is CN1CCN(CC2CCCNC2)C1. The van der Waals surface area contributed by atoms with Crippen molar-refractivity contribution in [2.45, 2.75) is 12.8 Å². The number of hydrogen-bond donors (Lipinski definition) is 1. The standard InChI is InChI=1S/C10H21N3/c1-12-5-6-13(9-12)8-10-3-2-4-11-7-10/h10-11H,2-9H2,1H3. The largest absolute Gasteiger partial charge is 0.316 e. The fourth-order valence-corrected chi connectivity index (χ4v) is 2.39. The van der Waals surface area contributed by atoms with E-state index in [0.717, 1.165) is 5.92 Å². The number of likely N-dealkylation sites (N-methyl/N-ethyl adjacent to an activating group) is 1. The Bertz CT molecular complexity index is 151. The Morgan fingerprint density at radius 3 is 2.92 bits per heavy atom. The van der Waals surface area contributed by atoms with Crippen molar-refractivity contribution in [2.24, 2.45) is 5.92 Å². The van der Waals surface area contributed by atoms with Crippen LogP contribution in [0.5, 0.6) is 0 Å². The van der Waals surface area contributed by atoms with Gasteiger partial charge in [-0.05, 0) is 38.9 Å². The topological polar surface area (TPSA) is 18.5 Å². The van der Waals surface area contributed by atoms with Crippen molar-refractivity contribution in [1.29, 1.82) is 0 Å². The monoisotopic (exact) mass is 183 g/mol. The highest BCUT2D eigenvalue weighted by molar-refractivity contribution is 4.75. The van der Waals surface area contributed by atoms with Crippen LogP contribution in [-0.2, 0) is 0 Å². The molecular weight excluding hydrogens is 162 g/mol. The molecule has 0 aliphatic carbocycles. The van der Waals surface area contributed by atoms with Gasteiger partial charge < -0.3 is 5.32 Å². The summed E-state index contributed by atoms with van der Waals surface area (Å²) in [7, 11) is 2.21. The van der Waals surface area contributed by atoms with Crippen LogP contribution < -0.4 is 5.32 Å². The Balaban J connectivity index is 1.71. The molecule has 1 atom stereocenters. The fraction of sp³-hybridized carbons (Fsp3) is 1.00. The summed E-state index contributed by atoms with van der Waals surface area (Å²) >= 11 is 0. The minimum atomic E-state index is 0.903. The molecule has 2 aliphatic heterocycles. The fourth-order valence-electron chi connectivity index (χ4n) is 2.39. The molecule has 1 N–H and O–H groups in total. The predicted molar refractivity (Wildman–Crippen MR) is 54.7 cm³/mol. The van der Waals surface area contributed by atoms with E-state index in [0.29, 0.717) is 0 Å². The van der Waals surface area contributed by atoms with Crippen LogP contribution in [-0.4, -0.2) is 56.2 Å². The average Bonchev–Trinajstić information content (AvgIpc) is 2.53. The van der Waals surface area contributed by atoms with Gasteiger partial charge in [0, 0.05) is 19.6 Å². The third kappa shape index (κ3) is 2.66. The number of hydrogen-bond acceptors (Lipinski definition) is 3. The molecule has 2 heterocycles. The van der Waals surface area contributed by atoms with Gasteiger partial charge in [0.05, 0.1) is 6.67 Å². The molecule has 0 spiro atoms. The number of nitrogens with zero attached hydrogens (tertiary/aromatic N) is 2. The number of rotatable bonds is 2. The highest BCUT2D eigenvalue weighted by atomic mass is 15.4. The summed E-state index contributed by atoms with van der Waals surface area (Å²) in [6.45, 7) is 7.47. The molecule has 0 aromatic heterocycles. The van der Waals surface area contributed by atoms with E-state index in [1.54, 1.807) is 0 Å². The van der Waals surface area contributed by atoms with Crippen LogP contribution in [0.3, 0.4) is 0 Å². The van der Waals surface area contributed by atoms with Gasteiger partial charge >= 0.3 is 0 Å². The van der Waals surface area contributed by atoms with Gasteiger partial charge in [0.1, 0.15) is 0 Å². The van der Waals surface area contributed by atoms with Crippen LogP contribution in [0.2, 0.25) is 0 Å². The van der Waals surface area contributed by atoms with E-state index >= 15 is 0 Å². The molecule has 0 amide bonds. The second kappa shape index (κ2) is 4.40. The highest BCUT2D eigenvalue weighted by Crippen LogP contribution is 2.13. The molecule has 3 nitrogen and oxygen atoms in total. The van der Waals surface area contributed by atoms with Crippen LogP contribution in [0, 0.1) is 5.92 Å². The minimum absolute atomic E-state index is 0.903. The van der Waals surface area contributed by atoms with E-state index < -0.39 is 0 Å². The lowest BCUT2D eigenvalue weighted by Crippen LogP contribution is -2.37. The molecule has 2 aliphatic rings. The van der Waals surface area contributed by atoms with Gasteiger partial charge in [-0.15, -0.1) is 0 Å². The maximum absolute atomic E-state index is 3.48. The van der Waals surface area contributed by atoms with Gasteiger partial charge in [-0.2, -0.15) is 0 Å². The van der Waals surface area contributed by atoms with Crippen LogP contribution in [0.4, 0.5) is 0 Å². The lowest BCUT2D eigenvalue weighted by molar-refractivity contribution is 0.215. The lowest BCUT2D eigenvalue weighted by atomic mass is 9.99. The third-order valence-corrected chi connectivity index (χ3v) is 3.15. The first-order chi connectivity index (χ1) is 6.34. The molecule has 1 unspecified atom stereocenters. The Hall–Kier alpha value is -0.120. The Morgan fingerprint density at radius 1 is 1.38 bits per heavy atom. The van der Waals surface area contributed by atoms with Crippen molar-refractivity contribution in [3.8, 4) is 0 Å². The smallest absolute Gasteiger partial charge is 0.0504 e. The van der Waals surface area contributed by atoms with Gasteiger partial charge in [0.15, 0.2) is 0 Å². The van der Waals surface area contributed by atoms with Crippen LogP contribution in [0.15, 0.2) is 0 Å². The van der Waals surface area contributed by atoms with E-state index in [2.05, 4.69) is 22.2 Å². The minimum Gasteiger partial charge on any atom is -0.316 e. The summed E-state index contributed by atoms with van der Waals surface area (Å²) in [4.78, 5) is 4.98. The van der Waals surface area contributed by atoms with Crippen molar-refractivity contribution in [3.63, 3.8) is 0 Å². The first kappa shape index (κ1) is 9.44. The molecule has 0 radical (unpaired) electrons. The van der Waals surface area contributed by atoms with Crippen molar-refractivity contribution >= 4 is 0 Å². The molecule has 3 heteroatoms. The van der Waals surface area contributed by atoms with E-state index in [4.69, 9.17) is 0 Å². The van der Waals surface area contributed by atoms with Crippen LogP contribution >= 0.6 is 0 Å². The van der Waals surface area contributed by atoms with Gasteiger partial charge in [0.2, 0.25) is 0 Å². The van der Waals surface area contributed by atoms with Gasteiger partial charge in [-0.1, -0.05) is 0 Å². The van der Waals surface area contributed by atoms with E-state index in [1.807, 2.05) is 0 Å². The number of nitrogens with one attached hydrogen (secondary N) is 1. The Labute approximate surface area is 81.1 Å². The van der Waals surface area contributed by atoms with Crippen molar-refractivity contribution < 1.29 is 0 Å². The molecule has 2 rings (SSSR count). The molecule has 13 heavy (non-hydrogen) atoms. The summed E-state index contributed by atoms with van der Waals surface area (Å²) < 4.78 is 0. The van der Waals surface area contributed by atoms with Crippen LogP contribution in [0.1, 0.15) is 12.8 Å². The Morgan fingerprint density at radius 2 is 2.31 bits per heavy atom. The highest BCUT2D eigenvalue weighted by Gasteiger charge is 2.21. The normalized spacial score (nSPS) is 32.5. The van der Waals surface area contributed by atoms with E-state index in [9.17, 15) is 0 Å². The van der Waals surface area contributed by atoms with Gasteiger partial charge in [0.25, 0.3) is 0 Å². The van der Waals surface area contributed by atoms with Gasteiger partial charge in [-0.3, -0.25) is 9.80 Å². The molecule has 76 valence electrons. The molecule has 0 bridgehead atoms. The maximum atomic E-state index is 3.48. The molecule has 0 aromatic rings. The molecule has 2 saturated heterocycles.